The maximum Gasteiger partial charge on any atom is 0.147 e. The molecule has 1 aromatic rings. The zero-order valence-electron chi connectivity index (χ0n) is 11.5. The predicted octanol–water partition coefficient (Wildman–Crippen LogP) is 2.97. The second-order valence-corrected chi connectivity index (χ2v) is 8.05. The van der Waals surface area contributed by atoms with Crippen LogP contribution in [0.15, 0.2) is 28.7 Å². The van der Waals surface area contributed by atoms with E-state index in [1.807, 2.05) is 12.1 Å². The molecular formula is C14H22BrNO2S. The van der Waals surface area contributed by atoms with Gasteiger partial charge in [-0.2, -0.15) is 0 Å². The summed E-state index contributed by atoms with van der Waals surface area (Å²) < 4.78 is 23.7. The van der Waals surface area contributed by atoms with Crippen molar-refractivity contribution in [3.05, 3.63) is 34.3 Å². The molecule has 0 bridgehead atoms. The van der Waals surface area contributed by atoms with Gasteiger partial charge >= 0.3 is 0 Å². The van der Waals surface area contributed by atoms with E-state index in [-0.39, 0.29) is 11.7 Å². The van der Waals surface area contributed by atoms with E-state index >= 15 is 0 Å². The molecule has 0 heterocycles. The van der Waals surface area contributed by atoms with E-state index in [2.05, 4.69) is 40.3 Å². The minimum Gasteiger partial charge on any atom is -0.316 e. The fourth-order valence-corrected chi connectivity index (χ4v) is 3.09. The second-order valence-electron chi connectivity index (χ2n) is 4.87. The summed E-state index contributed by atoms with van der Waals surface area (Å²) in [7, 11) is -2.91. The fraction of sp³-hybridized carbons (Fsp3) is 0.571. The maximum atomic E-state index is 11.3. The Kier molecular flexibility index (Phi) is 7.04. The summed E-state index contributed by atoms with van der Waals surface area (Å²) in [6, 6.07) is 8.11. The first-order valence-electron chi connectivity index (χ1n) is 6.56. The van der Waals surface area contributed by atoms with Gasteiger partial charge in [0.25, 0.3) is 0 Å². The van der Waals surface area contributed by atoms with E-state index in [4.69, 9.17) is 0 Å². The second kappa shape index (κ2) is 8.02. The van der Waals surface area contributed by atoms with Crippen LogP contribution in [0, 0.1) is 0 Å². The molecule has 1 N–H and O–H groups in total. The Morgan fingerprint density at radius 3 is 2.68 bits per heavy atom. The summed E-state index contributed by atoms with van der Waals surface area (Å²) in [6.07, 6.45) is 3.04. The average molecular weight is 348 g/mol. The average Bonchev–Trinajstić information content (AvgIpc) is 2.32. The molecule has 1 rings (SSSR count). The van der Waals surface area contributed by atoms with Gasteiger partial charge < -0.3 is 5.32 Å². The van der Waals surface area contributed by atoms with Crippen molar-refractivity contribution in [3.63, 3.8) is 0 Å². The van der Waals surface area contributed by atoms with Crippen LogP contribution in [-0.2, 0) is 9.84 Å². The third kappa shape index (κ3) is 7.09. The zero-order valence-corrected chi connectivity index (χ0v) is 13.9. The molecule has 0 fully saturated rings. The number of halogens is 1. The molecule has 1 aromatic carbocycles. The Labute approximate surface area is 124 Å². The van der Waals surface area contributed by atoms with Gasteiger partial charge in [0.1, 0.15) is 9.84 Å². The van der Waals surface area contributed by atoms with Crippen molar-refractivity contribution in [1.82, 2.24) is 5.32 Å². The third-order valence-corrected chi connectivity index (χ3v) is 4.45. The summed E-state index contributed by atoms with van der Waals surface area (Å²) in [6.45, 7) is 3.90. The normalized spacial score (nSPS) is 13.4. The highest BCUT2D eigenvalue weighted by Gasteiger charge is 2.14. The van der Waals surface area contributed by atoms with Crippen molar-refractivity contribution >= 4 is 25.8 Å². The SMILES string of the molecule is CCCNCC(CCS(C)(=O)=O)c1cccc(Br)c1. The smallest absolute Gasteiger partial charge is 0.147 e. The minimum atomic E-state index is -2.91. The van der Waals surface area contributed by atoms with Gasteiger partial charge in [0.05, 0.1) is 5.75 Å². The Bertz CT molecular complexity index is 488. The molecule has 0 aliphatic rings. The Morgan fingerprint density at radius 2 is 2.11 bits per heavy atom. The monoisotopic (exact) mass is 347 g/mol. The van der Waals surface area contributed by atoms with Gasteiger partial charge in [-0.1, -0.05) is 35.0 Å². The largest absolute Gasteiger partial charge is 0.316 e. The first-order chi connectivity index (χ1) is 8.92. The van der Waals surface area contributed by atoms with Crippen molar-refractivity contribution in [2.75, 3.05) is 25.1 Å². The predicted molar refractivity (Wildman–Crippen MR) is 84.4 cm³/mol. The molecule has 0 amide bonds. The highest BCUT2D eigenvalue weighted by atomic mass is 79.9. The van der Waals surface area contributed by atoms with Crippen LogP contribution >= 0.6 is 15.9 Å². The molecule has 0 radical (unpaired) electrons. The van der Waals surface area contributed by atoms with Gasteiger partial charge in [-0.05, 0) is 43.0 Å². The first-order valence-corrected chi connectivity index (χ1v) is 9.41. The van der Waals surface area contributed by atoms with Crippen LogP contribution in [0.25, 0.3) is 0 Å². The number of hydrogen-bond acceptors (Lipinski definition) is 3. The van der Waals surface area contributed by atoms with E-state index in [1.165, 1.54) is 11.8 Å². The summed E-state index contributed by atoms with van der Waals surface area (Å²) in [4.78, 5) is 0. The van der Waals surface area contributed by atoms with Gasteiger partial charge in [-0.3, -0.25) is 0 Å². The fourth-order valence-electron chi connectivity index (χ4n) is 1.96. The lowest BCUT2D eigenvalue weighted by Gasteiger charge is -2.18. The van der Waals surface area contributed by atoms with Crippen LogP contribution < -0.4 is 5.32 Å². The number of benzene rings is 1. The van der Waals surface area contributed by atoms with Crippen LogP contribution in [0.5, 0.6) is 0 Å². The molecule has 0 saturated carbocycles. The minimum absolute atomic E-state index is 0.234. The molecule has 0 aromatic heterocycles. The standard InChI is InChI=1S/C14H22BrNO2S/c1-3-8-16-11-13(7-9-19(2,17)18)12-5-4-6-14(15)10-12/h4-6,10,13,16H,3,7-9,11H2,1-2H3. The molecule has 1 unspecified atom stereocenters. The van der Waals surface area contributed by atoms with E-state index in [0.717, 1.165) is 24.0 Å². The topological polar surface area (TPSA) is 46.2 Å². The molecule has 5 heteroatoms. The molecular weight excluding hydrogens is 326 g/mol. The van der Waals surface area contributed by atoms with Crippen LogP contribution in [0.4, 0.5) is 0 Å². The Balaban J connectivity index is 2.73. The number of hydrogen-bond donors (Lipinski definition) is 1. The Morgan fingerprint density at radius 1 is 1.37 bits per heavy atom. The summed E-state index contributed by atoms with van der Waals surface area (Å²) in [5.41, 5.74) is 1.18. The van der Waals surface area contributed by atoms with Crippen molar-refractivity contribution in [2.24, 2.45) is 0 Å². The lowest BCUT2D eigenvalue weighted by atomic mass is 9.96. The van der Waals surface area contributed by atoms with Crippen LogP contribution in [0.2, 0.25) is 0 Å². The third-order valence-electron chi connectivity index (χ3n) is 2.97. The number of sulfone groups is 1. The van der Waals surface area contributed by atoms with Crippen molar-refractivity contribution in [3.8, 4) is 0 Å². The molecule has 0 aliphatic heterocycles. The molecule has 1 atom stereocenters. The van der Waals surface area contributed by atoms with Crippen molar-refractivity contribution in [2.45, 2.75) is 25.7 Å². The molecule has 108 valence electrons. The Hall–Kier alpha value is -0.390. The van der Waals surface area contributed by atoms with Gasteiger partial charge in [0.2, 0.25) is 0 Å². The summed E-state index contributed by atoms with van der Waals surface area (Å²) >= 11 is 3.46. The highest BCUT2D eigenvalue weighted by molar-refractivity contribution is 9.10. The summed E-state index contributed by atoms with van der Waals surface area (Å²) in [5, 5.41) is 3.38. The summed E-state index contributed by atoms with van der Waals surface area (Å²) in [5.74, 6) is 0.469. The van der Waals surface area contributed by atoms with Crippen molar-refractivity contribution in [1.29, 1.82) is 0 Å². The maximum absolute atomic E-state index is 11.3. The van der Waals surface area contributed by atoms with Crippen LogP contribution in [0.3, 0.4) is 0 Å². The first kappa shape index (κ1) is 16.7. The van der Waals surface area contributed by atoms with E-state index < -0.39 is 9.84 Å². The molecule has 0 saturated heterocycles. The molecule has 0 aliphatic carbocycles. The van der Waals surface area contributed by atoms with Crippen molar-refractivity contribution < 1.29 is 8.42 Å². The van der Waals surface area contributed by atoms with E-state index in [1.54, 1.807) is 0 Å². The van der Waals surface area contributed by atoms with Gasteiger partial charge in [0, 0.05) is 17.3 Å². The number of rotatable bonds is 8. The van der Waals surface area contributed by atoms with Gasteiger partial charge in [0.15, 0.2) is 0 Å². The molecule has 19 heavy (non-hydrogen) atoms. The highest BCUT2D eigenvalue weighted by Crippen LogP contribution is 2.23. The zero-order chi connectivity index (χ0) is 14.3. The van der Waals surface area contributed by atoms with E-state index in [9.17, 15) is 8.42 Å². The molecule has 3 nitrogen and oxygen atoms in total. The van der Waals surface area contributed by atoms with E-state index in [0.29, 0.717) is 6.42 Å². The molecule has 0 spiro atoms. The van der Waals surface area contributed by atoms with Crippen LogP contribution in [-0.4, -0.2) is 33.5 Å². The lowest BCUT2D eigenvalue weighted by molar-refractivity contribution is 0.556. The quantitative estimate of drug-likeness (QED) is 0.735. The lowest BCUT2D eigenvalue weighted by Crippen LogP contribution is -2.24. The number of nitrogens with one attached hydrogen (secondary N) is 1. The van der Waals surface area contributed by atoms with Gasteiger partial charge in [-0.15, -0.1) is 0 Å². The van der Waals surface area contributed by atoms with Gasteiger partial charge in [-0.25, -0.2) is 8.42 Å². The van der Waals surface area contributed by atoms with Crippen LogP contribution in [0.1, 0.15) is 31.2 Å².